The minimum absolute atomic E-state index is 0.0424. The summed E-state index contributed by atoms with van der Waals surface area (Å²) in [4.78, 5) is 29.8. The molecule has 29 heavy (non-hydrogen) atoms. The molecule has 0 spiro atoms. The molecule has 1 saturated heterocycles. The van der Waals surface area contributed by atoms with Crippen molar-refractivity contribution in [3.63, 3.8) is 0 Å². The van der Waals surface area contributed by atoms with Crippen molar-refractivity contribution in [3.8, 4) is 0 Å². The topological polar surface area (TPSA) is 65.2 Å². The summed E-state index contributed by atoms with van der Waals surface area (Å²) in [5.41, 5.74) is 3.22. The van der Waals surface area contributed by atoms with Gasteiger partial charge in [-0.2, -0.15) is 0 Å². The van der Waals surface area contributed by atoms with E-state index in [0.29, 0.717) is 36.5 Å². The number of hydrogen-bond acceptors (Lipinski definition) is 3. The molecule has 1 aromatic heterocycles. The van der Waals surface area contributed by atoms with Gasteiger partial charge in [0.25, 0.3) is 5.91 Å². The van der Waals surface area contributed by atoms with Gasteiger partial charge in [0.1, 0.15) is 5.69 Å². The summed E-state index contributed by atoms with van der Waals surface area (Å²) in [6.45, 7) is 7.21. The molecule has 2 N–H and O–H groups in total. The quantitative estimate of drug-likeness (QED) is 0.687. The standard InChI is InChI=1S/C22H27F2N3O2/c1-4-5-17-20(14(3)28)13(2)26-21(17)22(29)25-11-15-8-9-27(12-15)16-6-7-18(23)19(24)10-16/h6-7,10,15,26H,4-5,8-9,11-12H2,1-3H3,(H,25,29). The minimum Gasteiger partial charge on any atom is -0.371 e. The number of aromatic nitrogens is 1. The number of Topliss-reactive ketones (excluding diaryl/α,β-unsaturated/α-hetero) is 1. The van der Waals surface area contributed by atoms with E-state index in [-0.39, 0.29) is 17.6 Å². The number of hydrogen-bond donors (Lipinski definition) is 2. The lowest BCUT2D eigenvalue weighted by Crippen LogP contribution is -2.31. The Morgan fingerprint density at radius 2 is 2.03 bits per heavy atom. The van der Waals surface area contributed by atoms with Gasteiger partial charge in [-0.3, -0.25) is 9.59 Å². The maximum absolute atomic E-state index is 13.5. The van der Waals surface area contributed by atoms with Crippen molar-refractivity contribution in [1.82, 2.24) is 10.3 Å². The molecular weight excluding hydrogens is 376 g/mol. The largest absolute Gasteiger partial charge is 0.371 e. The van der Waals surface area contributed by atoms with Crippen LogP contribution in [0.5, 0.6) is 0 Å². The highest BCUT2D eigenvalue weighted by Gasteiger charge is 2.26. The van der Waals surface area contributed by atoms with E-state index in [2.05, 4.69) is 10.3 Å². The number of rotatable bonds is 7. The van der Waals surface area contributed by atoms with Crippen molar-refractivity contribution in [2.45, 2.75) is 40.0 Å². The summed E-state index contributed by atoms with van der Waals surface area (Å²) in [6, 6.07) is 3.91. The molecule has 156 valence electrons. The number of nitrogens with zero attached hydrogens (tertiary/aromatic N) is 1. The molecule has 1 amide bonds. The van der Waals surface area contributed by atoms with E-state index in [4.69, 9.17) is 0 Å². The van der Waals surface area contributed by atoms with Crippen molar-refractivity contribution in [2.24, 2.45) is 5.92 Å². The van der Waals surface area contributed by atoms with Crippen molar-refractivity contribution in [3.05, 3.63) is 52.3 Å². The third-order valence-corrected chi connectivity index (χ3v) is 5.48. The highest BCUT2D eigenvalue weighted by molar-refractivity contribution is 6.02. The predicted molar refractivity (Wildman–Crippen MR) is 109 cm³/mol. The summed E-state index contributed by atoms with van der Waals surface area (Å²) >= 11 is 0. The predicted octanol–water partition coefficient (Wildman–Crippen LogP) is 4.01. The highest BCUT2D eigenvalue weighted by atomic mass is 19.2. The summed E-state index contributed by atoms with van der Waals surface area (Å²) in [6.07, 6.45) is 2.35. The average molecular weight is 403 g/mol. The van der Waals surface area contributed by atoms with Crippen molar-refractivity contribution in [1.29, 1.82) is 0 Å². The summed E-state index contributed by atoms with van der Waals surface area (Å²) < 4.78 is 26.6. The SMILES string of the molecule is CCCc1c(C(=O)NCC2CCN(c3ccc(F)c(F)c3)C2)[nH]c(C)c1C(C)=O. The third-order valence-electron chi connectivity index (χ3n) is 5.48. The van der Waals surface area contributed by atoms with Gasteiger partial charge in [-0.25, -0.2) is 8.78 Å². The van der Waals surface area contributed by atoms with E-state index in [1.54, 1.807) is 6.07 Å². The Morgan fingerprint density at radius 1 is 1.28 bits per heavy atom. The second kappa shape index (κ2) is 8.76. The van der Waals surface area contributed by atoms with Gasteiger partial charge in [0.05, 0.1) is 0 Å². The molecule has 5 nitrogen and oxygen atoms in total. The molecule has 7 heteroatoms. The first-order valence-electron chi connectivity index (χ1n) is 10.0. The van der Waals surface area contributed by atoms with Crippen LogP contribution in [0.4, 0.5) is 14.5 Å². The molecule has 2 heterocycles. The first kappa shape index (κ1) is 21.0. The number of H-pyrrole nitrogens is 1. The van der Waals surface area contributed by atoms with E-state index in [0.717, 1.165) is 36.7 Å². The average Bonchev–Trinajstić information content (AvgIpc) is 3.27. The summed E-state index contributed by atoms with van der Waals surface area (Å²) in [7, 11) is 0. The van der Waals surface area contributed by atoms with Crippen LogP contribution in [0, 0.1) is 24.5 Å². The van der Waals surface area contributed by atoms with Crippen molar-refractivity contribution < 1.29 is 18.4 Å². The van der Waals surface area contributed by atoms with Crippen LogP contribution in [0.25, 0.3) is 0 Å². The lowest BCUT2D eigenvalue weighted by Gasteiger charge is -2.19. The molecule has 1 atom stereocenters. The molecule has 0 aliphatic carbocycles. The zero-order valence-electron chi connectivity index (χ0n) is 17.1. The van der Waals surface area contributed by atoms with E-state index in [1.165, 1.54) is 13.0 Å². The summed E-state index contributed by atoms with van der Waals surface area (Å²) in [5.74, 6) is -1.75. The molecule has 1 fully saturated rings. The number of nitrogens with one attached hydrogen (secondary N) is 2. The van der Waals surface area contributed by atoms with Crippen molar-refractivity contribution in [2.75, 3.05) is 24.5 Å². The van der Waals surface area contributed by atoms with Gasteiger partial charge in [0.15, 0.2) is 17.4 Å². The number of benzene rings is 1. The molecule has 2 aromatic rings. The molecule has 0 saturated carbocycles. The molecule has 1 aliphatic rings. The lowest BCUT2D eigenvalue weighted by atomic mass is 10.0. The first-order valence-corrected chi connectivity index (χ1v) is 10.0. The number of amides is 1. The van der Waals surface area contributed by atoms with Crippen LogP contribution in [0.3, 0.4) is 0 Å². The van der Waals surface area contributed by atoms with E-state index >= 15 is 0 Å². The zero-order valence-corrected chi connectivity index (χ0v) is 17.1. The van der Waals surface area contributed by atoms with Crippen LogP contribution >= 0.6 is 0 Å². The minimum atomic E-state index is -0.856. The van der Waals surface area contributed by atoms with E-state index in [1.807, 2.05) is 18.7 Å². The zero-order chi connectivity index (χ0) is 21.1. The van der Waals surface area contributed by atoms with Gasteiger partial charge in [-0.1, -0.05) is 13.3 Å². The van der Waals surface area contributed by atoms with Gasteiger partial charge in [0, 0.05) is 42.6 Å². The number of carbonyl (C=O) groups is 2. The highest BCUT2D eigenvalue weighted by Crippen LogP contribution is 2.25. The van der Waals surface area contributed by atoms with Crippen LogP contribution in [0.15, 0.2) is 18.2 Å². The molecule has 0 bridgehead atoms. The Labute approximate surface area is 169 Å². The fourth-order valence-electron chi connectivity index (χ4n) is 4.09. The van der Waals surface area contributed by atoms with Crippen LogP contribution < -0.4 is 10.2 Å². The van der Waals surface area contributed by atoms with Crippen LogP contribution in [0.1, 0.15) is 58.8 Å². The molecule has 1 aliphatic heterocycles. The number of aryl methyl sites for hydroxylation is 1. The maximum Gasteiger partial charge on any atom is 0.268 e. The molecule has 1 unspecified atom stereocenters. The lowest BCUT2D eigenvalue weighted by molar-refractivity contribution is 0.0942. The van der Waals surface area contributed by atoms with Gasteiger partial charge in [0.2, 0.25) is 0 Å². The van der Waals surface area contributed by atoms with Crippen LogP contribution in [0.2, 0.25) is 0 Å². The van der Waals surface area contributed by atoms with Crippen LogP contribution in [-0.2, 0) is 6.42 Å². The van der Waals surface area contributed by atoms with E-state index in [9.17, 15) is 18.4 Å². The van der Waals surface area contributed by atoms with Gasteiger partial charge < -0.3 is 15.2 Å². The first-order chi connectivity index (χ1) is 13.8. The molecule has 3 rings (SSSR count). The van der Waals surface area contributed by atoms with Crippen LogP contribution in [-0.4, -0.2) is 36.3 Å². The number of halogens is 2. The van der Waals surface area contributed by atoms with Gasteiger partial charge >= 0.3 is 0 Å². The van der Waals surface area contributed by atoms with Gasteiger partial charge in [-0.05, 0) is 50.3 Å². The Kier molecular flexibility index (Phi) is 6.35. The number of ketones is 1. The Morgan fingerprint density at radius 3 is 2.69 bits per heavy atom. The number of carbonyl (C=O) groups excluding carboxylic acids is 2. The fraction of sp³-hybridized carbons (Fsp3) is 0.455. The Balaban J connectivity index is 1.63. The Hall–Kier alpha value is -2.70. The van der Waals surface area contributed by atoms with Crippen molar-refractivity contribution >= 4 is 17.4 Å². The van der Waals surface area contributed by atoms with E-state index < -0.39 is 11.6 Å². The molecular formula is C22H27F2N3O2. The second-order valence-corrected chi connectivity index (χ2v) is 7.69. The maximum atomic E-state index is 13.5. The summed E-state index contributed by atoms with van der Waals surface area (Å²) in [5, 5.41) is 2.97. The molecule has 1 aromatic carbocycles. The fourth-order valence-corrected chi connectivity index (χ4v) is 4.09. The number of aromatic amines is 1. The molecule has 0 radical (unpaired) electrons. The monoisotopic (exact) mass is 403 g/mol. The third kappa shape index (κ3) is 4.49. The Bertz CT molecular complexity index is 923. The second-order valence-electron chi connectivity index (χ2n) is 7.69. The smallest absolute Gasteiger partial charge is 0.268 e. The van der Waals surface area contributed by atoms with Gasteiger partial charge in [-0.15, -0.1) is 0 Å². The normalized spacial score (nSPS) is 16.3. The number of anilines is 1.